The van der Waals surface area contributed by atoms with E-state index in [1.54, 1.807) is 6.07 Å². The quantitative estimate of drug-likeness (QED) is 0.707. The van der Waals surface area contributed by atoms with Crippen LogP contribution in [0.2, 0.25) is 0 Å². The number of aromatic amines is 1. The van der Waals surface area contributed by atoms with Gasteiger partial charge in [-0.2, -0.15) is 0 Å². The lowest BCUT2D eigenvalue weighted by molar-refractivity contribution is 0.209. The minimum absolute atomic E-state index is 0.473. The monoisotopic (exact) mass is 303 g/mol. The highest BCUT2D eigenvalue weighted by Crippen LogP contribution is 2.18. The van der Waals surface area contributed by atoms with E-state index in [1.165, 1.54) is 6.20 Å². The smallest absolute Gasteiger partial charge is 0.409 e. The molecule has 1 amide bonds. The first-order valence-corrected chi connectivity index (χ1v) is 4.87. The Bertz CT molecular complexity index is 494. The molecule has 3 N–H and O–H groups in total. The third-order valence-electron chi connectivity index (χ3n) is 1.69. The Kier molecular flexibility index (Phi) is 2.28. The van der Waals surface area contributed by atoms with Gasteiger partial charge in [0.2, 0.25) is 0 Å². The maximum Gasteiger partial charge on any atom is 0.409 e. The van der Waals surface area contributed by atoms with E-state index in [2.05, 4.69) is 37.9 Å². The van der Waals surface area contributed by atoms with E-state index < -0.39 is 6.09 Å². The number of carbonyl (C=O) groups is 1. The molecule has 0 aliphatic heterocycles. The first-order chi connectivity index (χ1) is 6.65. The molecule has 2 aromatic rings. The normalized spacial score (nSPS) is 10.4. The van der Waals surface area contributed by atoms with E-state index in [0.717, 1.165) is 14.7 Å². The van der Waals surface area contributed by atoms with E-state index in [0.29, 0.717) is 5.69 Å². The van der Waals surface area contributed by atoms with Gasteiger partial charge in [-0.1, -0.05) is 0 Å². The Labute approximate surface area is 92.7 Å². The molecule has 0 bridgehead atoms. The Morgan fingerprint density at radius 3 is 3.07 bits per heavy atom. The van der Waals surface area contributed by atoms with Crippen molar-refractivity contribution in [2.45, 2.75) is 0 Å². The van der Waals surface area contributed by atoms with Crippen LogP contribution in [-0.2, 0) is 0 Å². The molecule has 2 rings (SSSR count). The highest BCUT2D eigenvalue weighted by molar-refractivity contribution is 14.1. The van der Waals surface area contributed by atoms with Crippen molar-refractivity contribution in [3.8, 4) is 0 Å². The van der Waals surface area contributed by atoms with Gasteiger partial charge in [-0.05, 0) is 34.7 Å². The summed E-state index contributed by atoms with van der Waals surface area (Å²) in [4.78, 5) is 17.5. The molecule has 2 heterocycles. The van der Waals surface area contributed by atoms with Gasteiger partial charge in [0.05, 0.1) is 15.6 Å². The number of H-pyrrole nitrogens is 1. The summed E-state index contributed by atoms with van der Waals surface area (Å²) in [7, 11) is 0. The van der Waals surface area contributed by atoms with Crippen LogP contribution in [0.15, 0.2) is 18.3 Å². The maximum atomic E-state index is 10.4. The van der Waals surface area contributed by atoms with Crippen molar-refractivity contribution in [2.24, 2.45) is 0 Å². The topological polar surface area (TPSA) is 78.0 Å². The number of carboxylic acid groups (broad SMARTS) is 1. The number of nitrogens with zero attached hydrogens (tertiary/aromatic N) is 1. The SMILES string of the molecule is O=C(O)Nc1cnc2[nH]c(I)cc2c1. The molecule has 0 saturated carbocycles. The Morgan fingerprint density at radius 2 is 2.36 bits per heavy atom. The predicted molar refractivity (Wildman–Crippen MR) is 60.5 cm³/mol. The van der Waals surface area contributed by atoms with Gasteiger partial charge >= 0.3 is 6.09 Å². The van der Waals surface area contributed by atoms with Gasteiger partial charge in [-0.3, -0.25) is 5.32 Å². The lowest BCUT2D eigenvalue weighted by atomic mass is 10.3. The highest BCUT2D eigenvalue weighted by Gasteiger charge is 2.02. The van der Waals surface area contributed by atoms with Crippen molar-refractivity contribution in [3.63, 3.8) is 0 Å². The van der Waals surface area contributed by atoms with Gasteiger partial charge in [-0.15, -0.1) is 0 Å². The number of aromatic nitrogens is 2. The van der Waals surface area contributed by atoms with Crippen molar-refractivity contribution in [2.75, 3.05) is 5.32 Å². The van der Waals surface area contributed by atoms with Gasteiger partial charge in [-0.25, -0.2) is 9.78 Å². The summed E-state index contributed by atoms with van der Waals surface area (Å²) < 4.78 is 0.970. The number of rotatable bonds is 1. The fraction of sp³-hybridized carbons (Fsp3) is 0. The summed E-state index contributed by atoms with van der Waals surface area (Å²) in [5.41, 5.74) is 1.23. The lowest BCUT2D eigenvalue weighted by Crippen LogP contribution is -2.07. The molecule has 0 aromatic carbocycles. The average molecular weight is 303 g/mol. The minimum atomic E-state index is -1.09. The average Bonchev–Trinajstić information content (AvgIpc) is 2.42. The van der Waals surface area contributed by atoms with Crippen LogP contribution in [0.4, 0.5) is 10.5 Å². The van der Waals surface area contributed by atoms with Crippen LogP contribution in [-0.4, -0.2) is 21.2 Å². The molecule has 6 heteroatoms. The standard InChI is InChI=1S/C8H6IN3O2/c9-6-2-4-1-5(11-8(13)14)3-10-7(4)12-6/h1-3,11H,(H,10,12)(H,13,14). The van der Waals surface area contributed by atoms with Crippen molar-refractivity contribution in [1.29, 1.82) is 0 Å². The number of halogens is 1. The maximum absolute atomic E-state index is 10.4. The Balaban J connectivity index is 2.45. The molecular weight excluding hydrogens is 297 g/mol. The fourth-order valence-electron chi connectivity index (χ4n) is 1.17. The Morgan fingerprint density at radius 1 is 1.57 bits per heavy atom. The summed E-state index contributed by atoms with van der Waals surface area (Å²) in [6, 6.07) is 3.63. The summed E-state index contributed by atoms with van der Waals surface area (Å²) in [5.74, 6) is 0. The number of anilines is 1. The van der Waals surface area contributed by atoms with Crippen molar-refractivity contribution >= 4 is 45.4 Å². The second-order valence-electron chi connectivity index (χ2n) is 2.71. The molecule has 0 fully saturated rings. The molecule has 0 radical (unpaired) electrons. The number of nitrogens with one attached hydrogen (secondary N) is 2. The van der Waals surface area contributed by atoms with Crippen molar-refractivity contribution in [3.05, 3.63) is 22.0 Å². The van der Waals surface area contributed by atoms with Gasteiger partial charge in [0, 0.05) is 5.39 Å². The first kappa shape index (κ1) is 9.25. The minimum Gasteiger partial charge on any atom is -0.465 e. The molecule has 14 heavy (non-hydrogen) atoms. The second-order valence-corrected chi connectivity index (χ2v) is 3.87. The summed E-state index contributed by atoms with van der Waals surface area (Å²) in [6.45, 7) is 0. The zero-order valence-electron chi connectivity index (χ0n) is 6.91. The molecule has 2 aromatic heterocycles. The van der Waals surface area contributed by atoms with Crippen molar-refractivity contribution in [1.82, 2.24) is 9.97 Å². The summed E-state index contributed by atoms with van der Waals surface area (Å²) in [6.07, 6.45) is 0.389. The predicted octanol–water partition coefficient (Wildman–Crippen LogP) is 2.26. The number of pyridine rings is 1. The van der Waals surface area contributed by atoms with Gasteiger partial charge in [0.1, 0.15) is 5.65 Å². The third-order valence-corrected chi connectivity index (χ3v) is 2.27. The number of hydrogen-bond acceptors (Lipinski definition) is 2. The summed E-state index contributed by atoms with van der Waals surface area (Å²) in [5, 5.41) is 11.6. The third kappa shape index (κ3) is 1.79. The number of hydrogen-bond donors (Lipinski definition) is 3. The number of fused-ring (bicyclic) bond motifs is 1. The van der Waals surface area contributed by atoms with E-state index in [4.69, 9.17) is 5.11 Å². The zero-order valence-corrected chi connectivity index (χ0v) is 9.07. The summed E-state index contributed by atoms with van der Waals surface area (Å²) >= 11 is 2.14. The number of amides is 1. The van der Waals surface area contributed by atoms with Crippen LogP contribution in [0.1, 0.15) is 0 Å². The van der Waals surface area contributed by atoms with Crippen LogP contribution >= 0.6 is 22.6 Å². The van der Waals surface area contributed by atoms with E-state index >= 15 is 0 Å². The van der Waals surface area contributed by atoms with Gasteiger partial charge in [0.15, 0.2) is 0 Å². The van der Waals surface area contributed by atoms with E-state index in [1.807, 2.05) is 6.07 Å². The van der Waals surface area contributed by atoms with E-state index in [9.17, 15) is 4.79 Å². The molecule has 0 aliphatic rings. The molecule has 0 saturated heterocycles. The molecule has 72 valence electrons. The molecule has 0 spiro atoms. The fourth-order valence-corrected chi connectivity index (χ4v) is 1.76. The van der Waals surface area contributed by atoms with Crippen molar-refractivity contribution < 1.29 is 9.90 Å². The van der Waals surface area contributed by atoms with Crippen LogP contribution in [0, 0.1) is 3.70 Å². The molecule has 0 unspecified atom stereocenters. The van der Waals surface area contributed by atoms with Crippen LogP contribution < -0.4 is 5.32 Å². The highest BCUT2D eigenvalue weighted by atomic mass is 127. The van der Waals surface area contributed by atoms with Crippen LogP contribution in [0.3, 0.4) is 0 Å². The molecular formula is C8H6IN3O2. The van der Waals surface area contributed by atoms with Crippen LogP contribution in [0.5, 0.6) is 0 Å². The van der Waals surface area contributed by atoms with Gasteiger partial charge < -0.3 is 10.1 Å². The molecule has 0 atom stereocenters. The molecule has 0 aliphatic carbocycles. The second kappa shape index (κ2) is 3.45. The van der Waals surface area contributed by atoms with E-state index in [-0.39, 0.29) is 0 Å². The van der Waals surface area contributed by atoms with Crippen LogP contribution in [0.25, 0.3) is 11.0 Å². The van der Waals surface area contributed by atoms with Gasteiger partial charge in [0.25, 0.3) is 0 Å². The first-order valence-electron chi connectivity index (χ1n) is 3.79. The zero-order chi connectivity index (χ0) is 10.1. The lowest BCUT2D eigenvalue weighted by Gasteiger charge is -1.98. The largest absolute Gasteiger partial charge is 0.465 e. The molecule has 5 nitrogen and oxygen atoms in total. The Hall–Kier alpha value is -1.31.